The molecule has 0 radical (unpaired) electrons. The lowest BCUT2D eigenvalue weighted by molar-refractivity contribution is 0.409. The predicted octanol–water partition coefficient (Wildman–Crippen LogP) is 3.22. The molecular weight excluding hydrogens is 242 g/mol. The van der Waals surface area contributed by atoms with E-state index in [-0.39, 0.29) is 0 Å². The molecule has 0 saturated carbocycles. The van der Waals surface area contributed by atoms with Gasteiger partial charge in [-0.2, -0.15) is 5.26 Å². The molecule has 0 unspecified atom stereocenters. The van der Waals surface area contributed by atoms with Gasteiger partial charge in [0.1, 0.15) is 5.75 Å². The third-order valence-electron chi connectivity index (χ3n) is 2.20. The van der Waals surface area contributed by atoms with Gasteiger partial charge in [-0.25, -0.2) is 0 Å². The molecule has 14 heavy (non-hydrogen) atoms. The number of ether oxygens (including phenoxy) is 1. The van der Waals surface area contributed by atoms with E-state index >= 15 is 0 Å². The molecule has 0 heterocycles. The number of methoxy groups -OCH3 is 1. The quantitative estimate of drug-likeness (QED) is 0.829. The number of nitrogens with zero attached hydrogens (tertiary/aromatic N) is 1. The lowest BCUT2D eigenvalue weighted by atomic mass is 10.0. The lowest BCUT2D eigenvalue weighted by Crippen LogP contribution is -1.96. The van der Waals surface area contributed by atoms with E-state index in [2.05, 4.69) is 22.0 Å². The van der Waals surface area contributed by atoms with Crippen LogP contribution in [0.5, 0.6) is 5.75 Å². The topological polar surface area (TPSA) is 33.0 Å². The van der Waals surface area contributed by atoms with Crippen LogP contribution in [-0.2, 0) is 6.42 Å². The molecule has 3 heteroatoms. The molecule has 0 aliphatic heterocycles. The molecule has 1 aromatic carbocycles. The third-order valence-corrected chi connectivity index (χ3v) is 3.06. The highest BCUT2D eigenvalue weighted by Crippen LogP contribution is 2.29. The molecule has 0 bridgehead atoms. The molecule has 0 saturated heterocycles. The summed E-state index contributed by atoms with van der Waals surface area (Å²) in [6, 6.07) is 6.03. The van der Waals surface area contributed by atoms with Crippen LogP contribution in [-0.4, -0.2) is 7.11 Å². The lowest BCUT2D eigenvalue weighted by Gasteiger charge is -2.11. The van der Waals surface area contributed by atoms with Crippen molar-refractivity contribution in [2.24, 2.45) is 0 Å². The zero-order valence-corrected chi connectivity index (χ0v) is 9.89. The molecule has 0 fully saturated rings. The van der Waals surface area contributed by atoms with Crippen LogP contribution in [0.3, 0.4) is 0 Å². The minimum atomic E-state index is 0.521. The first-order valence-corrected chi connectivity index (χ1v) is 5.19. The second kappa shape index (κ2) is 5.02. The SMILES string of the molecule is COc1ccc(Br)c(C)c1CCC#N. The van der Waals surface area contributed by atoms with Crippen molar-refractivity contribution in [3.63, 3.8) is 0 Å². The van der Waals surface area contributed by atoms with Gasteiger partial charge in [0.05, 0.1) is 13.2 Å². The summed E-state index contributed by atoms with van der Waals surface area (Å²) < 4.78 is 6.31. The maximum absolute atomic E-state index is 8.55. The van der Waals surface area contributed by atoms with Crippen molar-refractivity contribution in [1.29, 1.82) is 5.26 Å². The van der Waals surface area contributed by atoms with Gasteiger partial charge >= 0.3 is 0 Å². The van der Waals surface area contributed by atoms with E-state index in [1.54, 1.807) is 7.11 Å². The Hall–Kier alpha value is -1.01. The minimum Gasteiger partial charge on any atom is -0.496 e. The monoisotopic (exact) mass is 253 g/mol. The molecule has 0 amide bonds. The highest BCUT2D eigenvalue weighted by Gasteiger charge is 2.08. The zero-order valence-electron chi connectivity index (χ0n) is 8.30. The fourth-order valence-electron chi connectivity index (χ4n) is 1.39. The second-order valence-corrected chi connectivity index (χ2v) is 3.87. The van der Waals surface area contributed by atoms with Gasteiger partial charge in [0, 0.05) is 10.9 Å². The number of halogens is 1. The van der Waals surface area contributed by atoms with Crippen LogP contribution in [0.25, 0.3) is 0 Å². The molecule has 0 aliphatic carbocycles. The van der Waals surface area contributed by atoms with Gasteiger partial charge in [-0.05, 0) is 36.6 Å². The van der Waals surface area contributed by atoms with Crippen molar-refractivity contribution in [2.75, 3.05) is 7.11 Å². The van der Waals surface area contributed by atoms with Crippen molar-refractivity contribution in [3.8, 4) is 11.8 Å². The normalized spacial score (nSPS) is 9.57. The first kappa shape index (κ1) is 11.1. The zero-order chi connectivity index (χ0) is 10.6. The summed E-state index contributed by atoms with van der Waals surface area (Å²) in [6.07, 6.45) is 1.26. The summed E-state index contributed by atoms with van der Waals surface area (Å²) >= 11 is 3.46. The van der Waals surface area contributed by atoms with Gasteiger partial charge in [-0.1, -0.05) is 15.9 Å². The average Bonchev–Trinajstić information content (AvgIpc) is 2.20. The number of benzene rings is 1. The van der Waals surface area contributed by atoms with Gasteiger partial charge in [0.15, 0.2) is 0 Å². The van der Waals surface area contributed by atoms with Gasteiger partial charge < -0.3 is 4.74 Å². The van der Waals surface area contributed by atoms with Crippen molar-refractivity contribution in [1.82, 2.24) is 0 Å². The van der Waals surface area contributed by atoms with E-state index in [1.165, 1.54) is 0 Å². The van der Waals surface area contributed by atoms with E-state index in [9.17, 15) is 0 Å². The fourth-order valence-corrected chi connectivity index (χ4v) is 1.76. The number of hydrogen-bond donors (Lipinski definition) is 0. The molecule has 2 nitrogen and oxygen atoms in total. The second-order valence-electron chi connectivity index (χ2n) is 3.01. The Balaban J connectivity index is 3.09. The fraction of sp³-hybridized carbons (Fsp3) is 0.364. The molecule has 74 valence electrons. The van der Waals surface area contributed by atoms with Crippen molar-refractivity contribution in [3.05, 3.63) is 27.7 Å². The highest BCUT2D eigenvalue weighted by molar-refractivity contribution is 9.10. The van der Waals surface area contributed by atoms with E-state index in [1.807, 2.05) is 19.1 Å². The number of nitriles is 1. The Labute approximate surface area is 92.6 Å². The number of hydrogen-bond acceptors (Lipinski definition) is 2. The first-order valence-electron chi connectivity index (χ1n) is 4.39. The Kier molecular flexibility index (Phi) is 3.97. The molecular formula is C11H12BrNO. The Morgan fingerprint density at radius 2 is 2.21 bits per heavy atom. The first-order chi connectivity index (χ1) is 6.70. The largest absolute Gasteiger partial charge is 0.496 e. The summed E-state index contributed by atoms with van der Waals surface area (Å²) in [5, 5.41) is 8.55. The molecule has 0 atom stereocenters. The summed E-state index contributed by atoms with van der Waals surface area (Å²) in [5.74, 6) is 0.862. The predicted molar refractivity (Wildman–Crippen MR) is 59.4 cm³/mol. The van der Waals surface area contributed by atoms with Crippen LogP contribution in [0.2, 0.25) is 0 Å². The standard InChI is InChI=1S/C11H12BrNO/c1-8-9(4-3-7-13)11(14-2)6-5-10(8)12/h5-6H,3-4H2,1-2H3. The van der Waals surface area contributed by atoms with E-state index in [0.717, 1.165) is 27.8 Å². The Bertz CT molecular complexity index is 368. The van der Waals surface area contributed by atoms with Gasteiger partial charge in [-0.3, -0.25) is 0 Å². The highest BCUT2D eigenvalue weighted by atomic mass is 79.9. The van der Waals surface area contributed by atoms with Crippen LogP contribution in [0, 0.1) is 18.3 Å². The van der Waals surface area contributed by atoms with Crippen LogP contribution >= 0.6 is 15.9 Å². The maximum atomic E-state index is 8.55. The molecule has 0 spiro atoms. The van der Waals surface area contributed by atoms with Gasteiger partial charge in [-0.15, -0.1) is 0 Å². The summed E-state index contributed by atoms with van der Waals surface area (Å²) in [7, 11) is 1.65. The van der Waals surface area contributed by atoms with Crippen LogP contribution in [0.1, 0.15) is 17.5 Å². The molecule has 0 aliphatic rings. The van der Waals surface area contributed by atoms with E-state index in [4.69, 9.17) is 10.00 Å². The van der Waals surface area contributed by atoms with Crippen molar-refractivity contribution in [2.45, 2.75) is 19.8 Å². The van der Waals surface area contributed by atoms with Crippen LogP contribution in [0.15, 0.2) is 16.6 Å². The summed E-state index contributed by atoms with van der Waals surface area (Å²) in [6.45, 7) is 2.03. The Morgan fingerprint density at radius 3 is 2.79 bits per heavy atom. The van der Waals surface area contributed by atoms with E-state index < -0.39 is 0 Å². The smallest absolute Gasteiger partial charge is 0.122 e. The minimum absolute atomic E-state index is 0.521. The third kappa shape index (κ3) is 2.27. The summed E-state index contributed by atoms with van der Waals surface area (Å²) in [5.41, 5.74) is 2.27. The Morgan fingerprint density at radius 1 is 1.50 bits per heavy atom. The van der Waals surface area contributed by atoms with Crippen LogP contribution < -0.4 is 4.74 Å². The molecule has 0 aromatic heterocycles. The molecule has 1 aromatic rings. The van der Waals surface area contributed by atoms with Gasteiger partial charge in [0.2, 0.25) is 0 Å². The van der Waals surface area contributed by atoms with Crippen molar-refractivity contribution >= 4 is 15.9 Å². The van der Waals surface area contributed by atoms with Crippen molar-refractivity contribution < 1.29 is 4.74 Å². The van der Waals surface area contributed by atoms with E-state index in [0.29, 0.717) is 6.42 Å². The van der Waals surface area contributed by atoms with Crippen LogP contribution in [0.4, 0.5) is 0 Å². The number of rotatable bonds is 3. The molecule has 1 rings (SSSR count). The maximum Gasteiger partial charge on any atom is 0.122 e. The summed E-state index contributed by atoms with van der Waals surface area (Å²) in [4.78, 5) is 0. The molecule has 0 N–H and O–H groups in total. The van der Waals surface area contributed by atoms with Gasteiger partial charge in [0.25, 0.3) is 0 Å². The average molecular weight is 254 g/mol.